The first-order valence-corrected chi connectivity index (χ1v) is 14.6. The van der Waals surface area contributed by atoms with Crippen LogP contribution in [-0.2, 0) is 4.79 Å². The van der Waals surface area contributed by atoms with Gasteiger partial charge >= 0.3 is 0 Å². The molecule has 42 heavy (non-hydrogen) atoms. The van der Waals surface area contributed by atoms with Gasteiger partial charge in [0.05, 0.1) is 11.4 Å². The first kappa shape index (κ1) is 27.4. The average molecular weight is 561 g/mol. The van der Waals surface area contributed by atoms with Crippen LogP contribution in [0.4, 0.5) is 11.8 Å². The smallest absolute Gasteiger partial charge is 0.228 e. The number of H-pyrrole nitrogens is 1. The molecule has 3 N–H and O–H groups in total. The largest absolute Gasteiger partial charge is 0.362 e. The molecule has 5 aromatic rings. The molecule has 1 amide bonds. The predicted octanol–water partition coefficient (Wildman–Crippen LogP) is 6.07. The highest BCUT2D eigenvalue weighted by Gasteiger charge is 2.30. The zero-order chi connectivity index (χ0) is 29.1. The summed E-state index contributed by atoms with van der Waals surface area (Å²) in [6, 6.07) is 25.4. The van der Waals surface area contributed by atoms with Crippen LogP contribution in [0.1, 0.15) is 53.9 Å². The Labute approximate surface area is 245 Å². The molecule has 1 aliphatic rings. The summed E-state index contributed by atoms with van der Waals surface area (Å²) in [5.41, 5.74) is 3.34. The second-order valence-electron chi connectivity index (χ2n) is 11.3. The average Bonchev–Trinajstić information content (AvgIpc) is 3.44. The van der Waals surface area contributed by atoms with E-state index in [9.17, 15) is 9.59 Å². The number of carbonyl (C=O) groups excluding carboxylic acids is 2. The number of fused-ring (bicyclic) bond motifs is 2. The number of carbonyl (C=O) groups is 2. The number of nitrogens with zero attached hydrogens (tertiary/aromatic N) is 3. The number of anilines is 2. The summed E-state index contributed by atoms with van der Waals surface area (Å²) in [5, 5.41) is 8.83. The molecule has 3 aromatic carbocycles. The number of hydrogen-bond acceptors (Lipinski definition) is 6. The van der Waals surface area contributed by atoms with Gasteiger partial charge in [0.1, 0.15) is 5.82 Å². The van der Waals surface area contributed by atoms with E-state index in [2.05, 4.69) is 15.6 Å². The molecule has 0 saturated heterocycles. The van der Waals surface area contributed by atoms with Crippen LogP contribution in [0.15, 0.2) is 85.1 Å². The highest BCUT2D eigenvalue weighted by Crippen LogP contribution is 2.31. The zero-order valence-corrected chi connectivity index (χ0v) is 24.0. The molecule has 8 nitrogen and oxygen atoms in total. The number of hydrogen-bond donors (Lipinski definition) is 3. The number of amides is 1. The van der Waals surface area contributed by atoms with Crippen LogP contribution in [0.2, 0.25) is 0 Å². The van der Waals surface area contributed by atoms with Crippen molar-refractivity contribution in [2.45, 2.75) is 50.1 Å². The lowest BCUT2D eigenvalue weighted by Crippen LogP contribution is -2.42. The Kier molecular flexibility index (Phi) is 7.86. The molecule has 8 heteroatoms. The van der Waals surface area contributed by atoms with Crippen LogP contribution < -0.4 is 15.5 Å². The first-order valence-electron chi connectivity index (χ1n) is 14.6. The lowest BCUT2D eigenvalue weighted by atomic mass is 9.88. The fourth-order valence-corrected chi connectivity index (χ4v) is 5.99. The molecule has 214 valence electrons. The molecule has 0 aliphatic heterocycles. The van der Waals surface area contributed by atoms with Crippen molar-refractivity contribution in [1.29, 1.82) is 0 Å². The van der Waals surface area contributed by atoms with Gasteiger partial charge in [0.2, 0.25) is 11.9 Å². The van der Waals surface area contributed by atoms with Gasteiger partial charge in [-0.2, -0.15) is 4.98 Å². The van der Waals surface area contributed by atoms with Gasteiger partial charge in [0.15, 0.2) is 5.78 Å². The number of ketones is 1. The minimum absolute atomic E-state index is 0.0404. The number of aromatic nitrogens is 3. The molecule has 1 atom stereocenters. The number of Topliss-reactive ketones (excluding diaryl/α,β-unsaturated/α-hetero) is 1. The van der Waals surface area contributed by atoms with Gasteiger partial charge in [-0.15, -0.1) is 0 Å². The summed E-state index contributed by atoms with van der Waals surface area (Å²) in [4.78, 5) is 41.9. The third-order valence-corrected chi connectivity index (χ3v) is 8.21. The maximum atomic E-state index is 13.8. The van der Waals surface area contributed by atoms with Crippen LogP contribution in [0.3, 0.4) is 0 Å². The van der Waals surface area contributed by atoms with E-state index in [0.717, 1.165) is 58.9 Å². The minimum atomic E-state index is -0.583. The third kappa shape index (κ3) is 5.84. The summed E-state index contributed by atoms with van der Waals surface area (Å²) in [6.07, 6.45) is 5.44. The predicted molar refractivity (Wildman–Crippen MR) is 168 cm³/mol. The molecule has 1 aliphatic carbocycles. The molecular weight excluding hydrogens is 524 g/mol. The fourth-order valence-electron chi connectivity index (χ4n) is 5.99. The Morgan fingerprint density at radius 2 is 1.52 bits per heavy atom. The van der Waals surface area contributed by atoms with E-state index >= 15 is 0 Å². The topological polar surface area (TPSA) is 103 Å². The number of rotatable bonds is 9. The summed E-state index contributed by atoms with van der Waals surface area (Å²) in [5.74, 6) is 0.789. The Bertz CT molecular complexity index is 1710. The molecule has 0 bridgehead atoms. The molecule has 0 radical (unpaired) electrons. The van der Waals surface area contributed by atoms with E-state index in [0.29, 0.717) is 11.5 Å². The summed E-state index contributed by atoms with van der Waals surface area (Å²) < 4.78 is 0. The van der Waals surface area contributed by atoms with E-state index in [1.165, 1.54) is 0 Å². The highest BCUT2D eigenvalue weighted by atomic mass is 16.2. The number of aromatic amines is 1. The number of para-hydroxylation sites is 2. The summed E-state index contributed by atoms with van der Waals surface area (Å²) in [7, 11) is 3.98. The number of nitrogens with one attached hydrogen (secondary N) is 3. The van der Waals surface area contributed by atoms with E-state index < -0.39 is 5.92 Å². The maximum Gasteiger partial charge on any atom is 0.228 e. The summed E-state index contributed by atoms with van der Waals surface area (Å²) >= 11 is 0. The van der Waals surface area contributed by atoms with E-state index in [1.807, 2.05) is 104 Å². The molecule has 0 spiro atoms. The molecule has 1 fully saturated rings. The zero-order valence-electron chi connectivity index (χ0n) is 24.0. The second kappa shape index (κ2) is 12.0. The number of benzene rings is 3. The Balaban J connectivity index is 1.14. The molecular formula is C34H36N6O2. The third-order valence-electron chi connectivity index (χ3n) is 8.21. The van der Waals surface area contributed by atoms with Crippen LogP contribution in [0, 0.1) is 0 Å². The SMILES string of the molecule is CN(C)c1nc(N[C@H]2CC[C@@H](NC(=O)C(CC(=O)c3ccccc3)c3c[nH]c4ccccc34)CC2)nc2ccccc12. The first-order chi connectivity index (χ1) is 20.5. The maximum absolute atomic E-state index is 13.8. The Morgan fingerprint density at radius 3 is 2.29 bits per heavy atom. The van der Waals surface area contributed by atoms with E-state index in [4.69, 9.17) is 9.97 Å². The monoisotopic (exact) mass is 560 g/mol. The van der Waals surface area contributed by atoms with Gasteiger partial charge in [-0.1, -0.05) is 60.7 Å². The fraction of sp³-hybridized carbons (Fsp3) is 0.294. The normalized spacial score (nSPS) is 17.6. The lowest BCUT2D eigenvalue weighted by Gasteiger charge is -2.31. The van der Waals surface area contributed by atoms with Crippen LogP contribution in [0.5, 0.6) is 0 Å². The van der Waals surface area contributed by atoms with Crippen molar-refractivity contribution in [3.63, 3.8) is 0 Å². The van der Waals surface area contributed by atoms with Gasteiger partial charge in [-0.05, 0) is 49.4 Å². The standard InChI is InChI=1S/C34H36N6O2/c1-40(2)32-26-13-7-9-15-30(26)38-34(39-32)37-24-18-16-23(17-19-24)36-33(42)27(20-31(41)22-10-4-3-5-11-22)28-21-35-29-14-8-6-12-25(28)29/h3-15,21,23-24,27,35H,16-20H2,1-2H3,(H,36,42)(H,37,38,39)/t23-,24+,27?. The Hall–Kier alpha value is -4.72. The van der Waals surface area contributed by atoms with E-state index in [1.54, 1.807) is 0 Å². The summed E-state index contributed by atoms with van der Waals surface area (Å²) in [6.45, 7) is 0. The van der Waals surface area contributed by atoms with Gasteiger partial charge < -0.3 is 20.5 Å². The van der Waals surface area contributed by atoms with Crippen molar-refractivity contribution >= 4 is 45.3 Å². The van der Waals surface area contributed by atoms with Crippen molar-refractivity contribution in [3.05, 3.63) is 96.2 Å². The van der Waals surface area contributed by atoms with Gasteiger partial charge in [0.25, 0.3) is 0 Å². The van der Waals surface area contributed by atoms with E-state index in [-0.39, 0.29) is 30.2 Å². The van der Waals surface area contributed by atoms with Crippen LogP contribution >= 0.6 is 0 Å². The van der Waals surface area contributed by atoms with Crippen molar-refractivity contribution in [2.24, 2.45) is 0 Å². The van der Waals surface area contributed by atoms with Crippen molar-refractivity contribution in [3.8, 4) is 0 Å². The molecule has 2 heterocycles. The van der Waals surface area contributed by atoms with Crippen molar-refractivity contribution in [1.82, 2.24) is 20.3 Å². The van der Waals surface area contributed by atoms with Crippen LogP contribution in [-0.4, -0.2) is 52.8 Å². The minimum Gasteiger partial charge on any atom is -0.362 e. The van der Waals surface area contributed by atoms with Crippen molar-refractivity contribution < 1.29 is 9.59 Å². The second-order valence-corrected chi connectivity index (χ2v) is 11.3. The molecule has 6 rings (SSSR count). The van der Waals surface area contributed by atoms with Gasteiger partial charge in [0, 0.05) is 60.6 Å². The quantitative estimate of drug-likeness (QED) is 0.189. The van der Waals surface area contributed by atoms with Crippen molar-refractivity contribution in [2.75, 3.05) is 24.3 Å². The molecule has 1 unspecified atom stereocenters. The van der Waals surface area contributed by atoms with Crippen LogP contribution in [0.25, 0.3) is 21.8 Å². The van der Waals surface area contributed by atoms with Gasteiger partial charge in [-0.25, -0.2) is 4.98 Å². The lowest BCUT2D eigenvalue weighted by molar-refractivity contribution is -0.123. The molecule has 2 aromatic heterocycles. The van der Waals surface area contributed by atoms with Gasteiger partial charge in [-0.3, -0.25) is 9.59 Å². The molecule has 1 saturated carbocycles. The Morgan fingerprint density at radius 1 is 0.857 bits per heavy atom. The highest BCUT2D eigenvalue weighted by molar-refractivity contribution is 6.01.